The van der Waals surface area contributed by atoms with Crippen molar-refractivity contribution in [1.29, 1.82) is 0 Å². The quantitative estimate of drug-likeness (QED) is 0.542. The second-order valence-corrected chi connectivity index (χ2v) is 5.07. The highest BCUT2D eigenvalue weighted by Crippen LogP contribution is 2.16. The van der Waals surface area contributed by atoms with Crippen molar-refractivity contribution in [3.63, 3.8) is 0 Å². The topological polar surface area (TPSA) is 76.4 Å². The van der Waals surface area contributed by atoms with Crippen LogP contribution in [0.5, 0.6) is 0 Å². The summed E-state index contributed by atoms with van der Waals surface area (Å²) >= 11 is 0. The molecule has 0 fully saturated rings. The number of rotatable bonds is 6. The molecule has 1 rings (SSSR count). The minimum atomic E-state index is -0.384. The van der Waals surface area contributed by atoms with Crippen LogP contribution >= 0.6 is 0 Å². The highest BCUT2D eigenvalue weighted by atomic mass is 16.5. The highest BCUT2D eigenvalue weighted by molar-refractivity contribution is 5.99. The van der Waals surface area contributed by atoms with Crippen molar-refractivity contribution in [3.8, 4) is 0 Å². The number of carbonyl (C=O) groups excluding carboxylic acids is 1. The zero-order valence-corrected chi connectivity index (χ0v) is 12.0. The lowest BCUT2D eigenvalue weighted by Crippen LogP contribution is -2.40. The Bertz CT molecular complexity index is 444. The maximum absolute atomic E-state index is 12.1. The molecule has 0 aliphatic rings. The molecule has 106 valence electrons. The molecule has 5 heteroatoms. The van der Waals surface area contributed by atoms with Gasteiger partial charge in [-0.2, -0.15) is 0 Å². The monoisotopic (exact) mass is 265 g/mol. The molecule has 0 saturated heterocycles. The second-order valence-electron chi connectivity index (χ2n) is 5.07. The third-order valence-corrected chi connectivity index (χ3v) is 2.78. The van der Waals surface area contributed by atoms with E-state index in [9.17, 15) is 4.79 Å². The summed E-state index contributed by atoms with van der Waals surface area (Å²) in [4.78, 5) is 12.1. The number of aryl methyl sites for hydroxylation is 1. The number of hydrogen-bond acceptors (Lipinski definition) is 4. The zero-order valence-electron chi connectivity index (χ0n) is 12.0. The molecule has 0 aromatic heterocycles. The molecule has 19 heavy (non-hydrogen) atoms. The van der Waals surface area contributed by atoms with Crippen LogP contribution in [-0.4, -0.2) is 24.7 Å². The Labute approximate surface area is 114 Å². The molecule has 1 aromatic carbocycles. The molecule has 1 amide bonds. The molecule has 0 spiro atoms. The number of carbonyl (C=O) groups is 1. The van der Waals surface area contributed by atoms with Crippen molar-refractivity contribution in [2.24, 2.45) is 5.84 Å². The van der Waals surface area contributed by atoms with Crippen molar-refractivity contribution >= 4 is 11.6 Å². The van der Waals surface area contributed by atoms with Gasteiger partial charge in [0, 0.05) is 13.2 Å². The van der Waals surface area contributed by atoms with Crippen LogP contribution in [-0.2, 0) is 4.74 Å². The molecule has 4 N–H and O–H groups in total. The van der Waals surface area contributed by atoms with Crippen molar-refractivity contribution in [1.82, 2.24) is 5.32 Å². The minimum absolute atomic E-state index is 0.166. The molecule has 0 atom stereocenters. The van der Waals surface area contributed by atoms with Gasteiger partial charge in [-0.05, 0) is 45.4 Å². The summed E-state index contributed by atoms with van der Waals surface area (Å²) in [6, 6.07) is 5.47. The lowest BCUT2D eigenvalue weighted by Gasteiger charge is -2.25. The summed E-state index contributed by atoms with van der Waals surface area (Å²) in [5.41, 5.74) is 4.35. The number of hydrogen-bond donors (Lipinski definition) is 3. The van der Waals surface area contributed by atoms with Crippen LogP contribution < -0.4 is 16.6 Å². The van der Waals surface area contributed by atoms with Crippen LogP contribution in [0.15, 0.2) is 18.2 Å². The fraction of sp³-hybridized carbons (Fsp3) is 0.500. The fourth-order valence-corrected chi connectivity index (χ4v) is 1.81. The number of nitrogen functional groups attached to an aromatic ring is 1. The summed E-state index contributed by atoms with van der Waals surface area (Å²) in [6.07, 6.45) is 0. The van der Waals surface area contributed by atoms with Crippen LogP contribution in [0.2, 0.25) is 0 Å². The van der Waals surface area contributed by atoms with Gasteiger partial charge in [0.1, 0.15) is 0 Å². The molecule has 0 aliphatic carbocycles. The van der Waals surface area contributed by atoms with E-state index in [4.69, 9.17) is 10.6 Å². The Kier molecular flexibility index (Phi) is 5.32. The maximum Gasteiger partial charge on any atom is 0.253 e. The van der Waals surface area contributed by atoms with Crippen molar-refractivity contribution < 1.29 is 9.53 Å². The van der Waals surface area contributed by atoms with Gasteiger partial charge in [0.05, 0.1) is 16.9 Å². The Morgan fingerprint density at radius 3 is 2.68 bits per heavy atom. The van der Waals surface area contributed by atoms with Crippen molar-refractivity contribution in [2.75, 3.05) is 18.6 Å². The average molecular weight is 265 g/mol. The molecule has 0 heterocycles. The summed E-state index contributed by atoms with van der Waals surface area (Å²) in [6.45, 7) is 8.81. The number of hydrazine groups is 1. The van der Waals surface area contributed by atoms with Gasteiger partial charge >= 0.3 is 0 Å². The molecule has 0 aliphatic heterocycles. The Balaban J connectivity index is 2.74. The van der Waals surface area contributed by atoms with Gasteiger partial charge in [0.2, 0.25) is 0 Å². The summed E-state index contributed by atoms with van der Waals surface area (Å²) in [5, 5.41) is 2.86. The van der Waals surface area contributed by atoms with Crippen LogP contribution in [0.3, 0.4) is 0 Å². The standard InChI is InChI=1S/C14H23N3O2/c1-5-19-14(3,4)9-16-13(18)11-7-6-10(2)8-12(11)17-15/h6-8,17H,5,9,15H2,1-4H3,(H,16,18). The summed E-state index contributed by atoms with van der Waals surface area (Å²) < 4.78 is 5.54. The first-order valence-electron chi connectivity index (χ1n) is 6.39. The maximum atomic E-state index is 12.1. The largest absolute Gasteiger partial charge is 0.374 e. The number of amides is 1. The number of nitrogens with two attached hydrogens (primary N) is 1. The van der Waals surface area contributed by atoms with E-state index in [1.54, 1.807) is 6.07 Å². The third-order valence-electron chi connectivity index (χ3n) is 2.78. The van der Waals surface area contributed by atoms with Crippen LogP contribution in [0.1, 0.15) is 36.7 Å². The van der Waals surface area contributed by atoms with E-state index >= 15 is 0 Å². The van der Waals surface area contributed by atoms with Crippen molar-refractivity contribution in [3.05, 3.63) is 29.3 Å². The Hall–Kier alpha value is -1.59. The highest BCUT2D eigenvalue weighted by Gasteiger charge is 2.20. The molecular weight excluding hydrogens is 242 g/mol. The molecule has 0 saturated carbocycles. The molecule has 1 aromatic rings. The molecule has 5 nitrogen and oxygen atoms in total. The second kappa shape index (κ2) is 6.54. The Morgan fingerprint density at radius 2 is 2.11 bits per heavy atom. The summed E-state index contributed by atoms with van der Waals surface area (Å²) in [7, 11) is 0. The van der Waals surface area contributed by atoms with Gasteiger partial charge in [-0.15, -0.1) is 0 Å². The van der Waals surface area contributed by atoms with Gasteiger partial charge in [-0.1, -0.05) is 6.07 Å². The fourth-order valence-electron chi connectivity index (χ4n) is 1.81. The number of ether oxygens (including phenoxy) is 1. The smallest absolute Gasteiger partial charge is 0.253 e. The van der Waals surface area contributed by atoms with E-state index in [1.165, 1.54) is 0 Å². The van der Waals surface area contributed by atoms with E-state index < -0.39 is 0 Å². The minimum Gasteiger partial charge on any atom is -0.374 e. The summed E-state index contributed by atoms with van der Waals surface area (Å²) in [5.74, 6) is 5.27. The van der Waals surface area contributed by atoms with E-state index in [0.717, 1.165) is 5.56 Å². The zero-order chi connectivity index (χ0) is 14.5. The van der Waals surface area contributed by atoms with Crippen LogP contribution in [0.4, 0.5) is 5.69 Å². The van der Waals surface area contributed by atoms with Gasteiger partial charge in [-0.25, -0.2) is 0 Å². The first-order valence-corrected chi connectivity index (χ1v) is 6.39. The van der Waals surface area contributed by atoms with Gasteiger partial charge in [0.25, 0.3) is 5.91 Å². The van der Waals surface area contributed by atoms with Crippen molar-refractivity contribution in [2.45, 2.75) is 33.3 Å². The Morgan fingerprint density at radius 1 is 1.42 bits per heavy atom. The predicted octanol–water partition coefficient (Wildman–Crippen LogP) is 1.83. The van der Waals surface area contributed by atoms with Crippen LogP contribution in [0, 0.1) is 6.92 Å². The normalized spacial score (nSPS) is 11.2. The predicted molar refractivity (Wildman–Crippen MR) is 77.0 cm³/mol. The number of nitrogens with one attached hydrogen (secondary N) is 2. The van der Waals surface area contributed by atoms with Crippen LogP contribution in [0.25, 0.3) is 0 Å². The van der Waals surface area contributed by atoms with Gasteiger partial charge in [-0.3, -0.25) is 10.6 Å². The lowest BCUT2D eigenvalue weighted by molar-refractivity contribution is -0.00815. The molecule has 0 unspecified atom stereocenters. The first kappa shape index (κ1) is 15.5. The number of benzene rings is 1. The number of anilines is 1. The third kappa shape index (κ3) is 4.54. The van der Waals surface area contributed by atoms with E-state index in [0.29, 0.717) is 24.4 Å². The SMILES string of the molecule is CCOC(C)(C)CNC(=O)c1ccc(C)cc1NN. The van der Waals surface area contributed by atoms with E-state index in [1.807, 2.05) is 39.8 Å². The van der Waals surface area contributed by atoms with Gasteiger partial charge in [0.15, 0.2) is 0 Å². The first-order chi connectivity index (χ1) is 8.89. The molecule has 0 bridgehead atoms. The van der Waals surface area contributed by atoms with Gasteiger partial charge < -0.3 is 15.5 Å². The molecular formula is C14H23N3O2. The van der Waals surface area contributed by atoms with E-state index in [2.05, 4.69) is 10.7 Å². The average Bonchev–Trinajstić information content (AvgIpc) is 2.35. The van der Waals surface area contributed by atoms with E-state index in [-0.39, 0.29) is 11.5 Å². The lowest BCUT2D eigenvalue weighted by atomic mass is 10.1. The molecule has 0 radical (unpaired) electrons.